The van der Waals surface area contributed by atoms with E-state index in [-0.39, 0.29) is 16.8 Å². The van der Waals surface area contributed by atoms with Crippen LogP contribution in [0.2, 0.25) is 0 Å². The molecule has 1 unspecified atom stereocenters. The average Bonchev–Trinajstić information content (AvgIpc) is 2.36. The molecule has 0 radical (unpaired) electrons. The zero-order valence-corrected chi connectivity index (χ0v) is 12.1. The maximum Gasteiger partial charge on any atom is 0.335 e. The molecule has 0 amide bonds. The molecule has 0 aliphatic carbocycles. The zero-order valence-electron chi connectivity index (χ0n) is 11.3. The van der Waals surface area contributed by atoms with Crippen molar-refractivity contribution in [2.24, 2.45) is 5.92 Å². The third-order valence-electron chi connectivity index (χ3n) is 2.28. The van der Waals surface area contributed by atoms with Gasteiger partial charge in [-0.15, -0.1) is 11.8 Å². The van der Waals surface area contributed by atoms with Crippen molar-refractivity contribution in [3.63, 3.8) is 0 Å². The fourth-order valence-electron chi connectivity index (χ4n) is 1.32. The first-order valence-corrected chi connectivity index (χ1v) is 6.94. The molecule has 0 heterocycles. The SMILES string of the molecule is CC(C)COC(=O)C(C)Sc1cccc(C(=O)O)c1. The van der Waals surface area contributed by atoms with Crippen molar-refractivity contribution in [1.82, 2.24) is 0 Å². The van der Waals surface area contributed by atoms with Crippen molar-refractivity contribution in [2.75, 3.05) is 6.61 Å². The van der Waals surface area contributed by atoms with Crippen LogP contribution >= 0.6 is 11.8 Å². The van der Waals surface area contributed by atoms with Crippen LogP contribution in [0.4, 0.5) is 0 Å². The van der Waals surface area contributed by atoms with Crippen molar-refractivity contribution in [3.8, 4) is 0 Å². The van der Waals surface area contributed by atoms with Crippen molar-refractivity contribution in [3.05, 3.63) is 29.8 Å². The highest BCUT2D eigenvalue weighted by molar-refractivity contribution is 8.00. The van der Waals surface area contributed by atoms with Crippen LogP contribution in [-0.2, 0) is 9.53 Å². The van der Waals surface area contributed by atoms with Crippen molar-refractivity contribution >= 4 is 23.7 Å². The molecule has 1 aromatic rings. The van der Waals surface area contributed by atoms with E-state index in [2.05, 4.69) is 0 Å². The number of carbonyl (C=O) groups is 2. The molecule has 1 aromatic carbocycles. The van der Waals surface area contributed by atoms with Gasteiger partial charge in [-0.1, -0.05) is 19.9 Å². The van der Waals surface area contributed by atoms with E-state index in [0.29, 0.717) is 12.5 Å². The normalized spacial score (nSPS) is 12.2. The third kappa shape index (κ3) is 5.34. The number of hydrogen-bond donors (Lipinski definition) is 1. The number of carbonyl (C=O) groups excluding carboxylic acids is 1. The second kappa shape index (κ2) is 7.19. The van der Waals surface area contributed by atoms with E-state index in [9.17, 15) is 9.59 Å². The van der Waals surface area contributed by atoms with Gasteiger partial charge in [-0.25, -0.2) is 4.79 Å². The Morgan fingerprint density at radius 3 is 2.58 bits per heavy atom. The minimum atomic E-state index is -0.975. The molecule has 4 nitrogen and oxygen atoms in total. The molecule has 1 rings (SSSR count). The van der Waals surface area contributed by atoms with Crippen molar-refractivity contribution in [1.29, 1.82) is 0 Å². The monoisotopic (exact) mass is 282 g/mol. The molecule has 0 saturated carbocycles. The molecule has 1 atom stereocenters. The number of hydrogen-bond acceptors (Lipinski definition) is 4. The summed E-state index contributed by atoms with van der Waals surface area (Å²) in [6, 6.07) is 6.52. The zero-order chi connectivity index (χ0) is 14.4. The Balaban J connectivity index is 2.61. The molecule has 0 spiro atoms. The number of thioether (sulfide) groups is 1. The molecule has 0 aliphatic rings. The van der Waals surface area contributed by atoms with Gasteiger partial charge in [0.2, 0.25) is 0 Å². The summed E-state index contributed by atoms with van der Waals surface area (Å²) in [5.41, 5.74) is 0.216. The predicted octanol–water partition coefficient (Wildman–Crippen LogP) is 3.06. The summed E-state index contributed by atoms with van der Waals surface area (Å²) in [5, 5.41) is 8.54. The predicted molar refractivity (Wildman–Crippen MR) is 74.5 cm³/mol. The van der Waals surface area contributed by atoms with Gasteiger partial charge in [-0.05, 0) is 31.0 Å². The van der Waals surface area contributed by atoms with E-state index >= 15 is 0 Å². The quantitative estimate of drug-likeness (QED) is 0.641. The van der Waals surface area contributed by atoms with Crippen LogP contribution in [-0.4, -0.2) is 28.9 Å². The average molecular weight is 282 g/mol. The Kier molecular flexibility index (Phi) is 5.89. The van der Waals surface area contributed by atoms with E-state index in [1.54, 1.807) is 25.1 Å². The smallest absolute Gasteiger partial charge is 0.335 e. The largest absolute Gasteiger partial charge is 0.478 e. The van der Waals surface area contributed by atoms with Crippen molar-refractivity contribution < 1.29 is 19.4 Å². The van der Waals surface area contributed by atoms with Gasteiger partial charge in [0, 0.05) is 4.90 Å². The number of ether oxygens (including phenoxy) is 1. The maximum atomic E-state index is 11.7. The Morgan fingerprint density at radius 1 is 1.32 bits per heavy atom. The second-order valence-electron chi connectivity index (χ2n) is 4.62. The van der Waals surface area contributed by atoms with Gasteiger partial charge in [0.25, 0.3) is 0 Å². The van der Waals surface area contributed by atoms with Gasteiger partial charge in [0.15, 0.2) is 0 Å². The summed E-state index contributed by atoms with van der Waals surface area (Å²) in [6.07, 6.45) is 0. The number of esters is 1. The Hall–Kier alpha value is -1.49. The second-order valence-corrected chi connectivity index (χ2v) is 6.03. The van der Waals surface area contributed by atoms with E-state index in [0.717, 1.165) is 4.90 Å². The molecule has 1 N–H and O–H groups in total. The number of carboxylic acids is 1. The first-order chi connectivity index (χ1) is 8.90. The van der Waals surface area contributed by atoms with Crippen LogP contribution in [0.15, 0.2) is 29.2 Å². The summed E-state index contributed by atoms with van der Waals surface area (Å²) in [7, 11) is 0. The van der Waals surface area contributed by atoms with Crippen LogP contribution < -0.4 is 0 Å². The van der Waals surface area contributed by atoms with Crippen LogP contribution in [0.25, 0.3) is 0 Å². The third-order valence-corrected chi connectivity index (χ3v) is 3.36. The van der Waals surface area contributed by atoms with E-state index in [1.807, 2.05) is 13.8 Å². The van der Waals surface area contributed by atoms with Crippen LogP contribution in [0.5, 0.6) is 0 Å². The molecule has 0 aromatic heterocycles. The van der Waals surface area contributed by atoms with Gasteiger partial charge in [0.1, 0.15) is 5.25 Å². The number of rotatable bonds is 6. The molecule has 5 heteroatoms. The van der Waals surface area contributed by atoms with Crippen LogP contribution in [0.3, 0.4) is 0 Å². The van der Waals surface area contributed by atoms with Gasteiger partial charge < -0.3 is 9.84 Å². The highest BCUT2D eigenvalue weighted by atomic mass is 32.2. The summed E-state index contributed by atoms with van der Waals surface area (Å²) < 4.78 is 5.14. The molecule has 0 bridgehead atoms. The highest BCUT2D eigenvalue weighted by Crippen LogP contribution is 2.25. The van der Waals surface area contributed by atoms with Gasteiger partial charge in [-0.2, -0.15) is 0 Å². The molecular formula is C14H18O4S. The van der Waals surface area contributed by atoms with E-state index in [1.165, 1.54) is 17.8 Å². The fourth-order valence-corrected chi connectivity index (χ4v) is 2.25. The van der Waals surface area contributed by atoms with Gasteiger partial charge in [0.05, 0.1) is 12.2 Å². The fraction of sp³-hybridized carbons (Fsp3) is 0.429. The molecular weight excluding hydrogens is 264 g/mol. The molecule has 104 valence electrons. The highest BCUT2D eigenvalue weighted by Gasteiger charge is 2.17. The minimum Gasteiger partial charge on any atom is -0.478 e. The molecule has 19 heavy (non-hydrogen) atoms. The molecule has 0 aliphatic heterocycles. The van der Waals surface area contributed by atoms with Crippen molar-refractivity contribution in [2.45, 2.75) is 30.9 Å². The van der Waals surface area contributed by atoms with Crippen LogP contribution in [0, 0.1) is 5.92 Å². The lowest BCUT2D eigenvalue weighted by Gasteiger charge is -2.12. The van der Waals surface area contributed by atoms with Crippen LogP contribution in [0.1, 0.15) is 31.1 Å². The van der Waals surface area contributed by atoms with E-state index in [4.69, 9.17) is 9.84 Å². The maximum absolute atomic E-state index is 11.7. The first kappa shape index (κ1) is 15.6. The lowest BCUT2D eigenvalue weighted by atomic mass is 10.2. The number of aromatic carboxylic acids is 1. The Labute approximate surface area is 117 Å². The van der Waals surface area contributed by atoms with Gasteiger partial charge in [-0.3, -0.25) is 4.79 Å². The van der Waals surface area contributed by atoms with Gasteiger partial charge >= 0.3 is 11.9 Å². The summed E-state index contributed by atoms with van der Waals surface area (Å²) in [5.74, 6) is -0.951. The lowest BCUT2D eigenvalue weighted by Crippen LogP contribution is -2.19. The summed E-state index contributed by atoms with van der Waals surface area (Å²) >= 11 is 1.30. The molecule has 0 fully saturated rings. The summed E-state index contributed by atoms with van der Waals surface area (Å²) in [6.45, 7) is 6.10. The minimum absolute atomic E-state index is 0.216. The number of benzene rings is 1. The number of carboxylic acid groups (broad SMARTS) is 1. The Morgan fingerprint density at radius 2 is 2.00 bits per heavy atom. The first-order valence-electron chi connectivity index (χ1n) is 6.06. The summed E-state index contributed by atoms with van der Waals surface area (Å²) in [4.78, 5) is 23.3. The Bertz CT molecular complexity index is 457. The van der Waals surface area contributed by atoms with E-state index < -0.39 is 5.97 Å². The standard InChI is InChI=1S/C14H18O4S/c1-9(2)8-18-14(17)10(3)19-12-6-4-5-11(7-12)13(15)16/h4-7,9-10H,8H2,1-3H3,(H,15,16). The topological polar surface area (TPSA) is 63.6 Å². The lowest BCUT2D eigenvalue weighted by molar-refractivity contribution is -0.143. The molecule has 0 saturated heterocycles.